The van der Waals surface area contributed by atoms with Crippen LogP contribution in [-0.4, -0.2) is 14.8 Å². The molecule has 3 unspecified atom stereocenters. The lowest BCUT2D eigenvalue weighted by Gasteiger charge is -2.27. The second-order valence-electron chi connectivity index (χ2n) is 24.8. The van der Waals surface area contributed by atoms with Gasteiger partial charge in [-0.05, 0) is 197 Å². The zero-order chi connectivity index (χ0) is 59.6. The highest BCUT2D eigenvalue weighted by molar-refractivity contribution is 6.09. The normalized spacial score (nSPS) is 12.8. The van der Waals surface area contributed by atoms with Gasteiger partial charge in [-0.2, -0.15) is 0 Å². The summed E-state index contributed by atoms with van der Waals surface area (Å²) in [5.74, 6) is 2.04. The Balaban J connectivity index is 0.755. The molecule has 0 aliphatic heterocycles. The molecule has 0 amide bonds. The number of hydrogen-bond acceptors (Lipinski definition) is 4. The smallest absolute Gasteiger partial charge is 0.248 e. The molecule has 0 saturated carbocycles. The molecular formula is C82H74N4O. The molecule has 11 aromatic carbocycles. The average Bonchev–Trinajstić information content (AvgIpc) is 1.85. The van der Waals surface area contributed by atoms with Gasteiger partial charge in [0.05, 0.1) is 11.0 Å². The van der Waals surface area contributed by atoms with Gasteiger partial charge in [-0.1, -0.05) is 228 Å². The summed E-state index contributed by atoms with van der Waals surface area (Å²) in [4.78, 5) is 2.34. The number of aryl methyl sites for hydroxylation is 2. The van der Waals surface area contributed by atoms with Gasteiger partial charge in [-0.25, -0.2) is 0 Å². The molecule has 13 rings (SSSR count). The van der Waals surface area contributed by atoms with Crippen LogP contribution in [0.15, 0.2) is 271 Å². The van der Waals surface area contributed by atoms with E-state index in [-0.39, 0.29) is 5.41 Å². The minimum absolute atomic E-state index is 0.0672. The molecule has 428 valence electrons. The topological polar surface area (TPSA) is 47.1 Å². The first-order valence-electron chi connectivity index (χ1n) is 30.9. The Labute approximate surface area is 513 Å². The average molecular weight is 1130 g/mol. The largest absolute Gasteiger partial charge is 0.416 e. The molecule has 5 heteroatoms. The molecule has 0 aliphatic rings. The fourth-order valence-electron chi connectivity index (χ4n) is 12.8. The van der Waals surface area contributed by atoms with Crippen LogP contribution in [-0.2, 0) is 5.41 Å². The van der Waals surface area contributed by atoms with Crippen molar-refractivity contribution in [2.75, 3.05) is 4.90 Å². The standard InChI is InChI=1S/C82H74N4O/c1-8-58(60-28-32-65(33-29-60)68-14-13-15-69(54-68)81-84-83-80(87-81)67-36-42-71(43-37-67)82(5,6)7)53-70(66-34-30-62(31-35-66)63-38-48-74(49-39-63)85(72-44-20-55(2)21-45-72)73-46-22-56(3)23-47-73)52-57(4)59-24-26-61(27-25-59)64-40-50-75(51-41-64)86-78-18-11-9-16-76(78)77-17-10-12-19-79(77)86/h9-51,54,57-58,70H,8,52-53H2,1-7H3. The molecule has 0 saturated heterocycles. The van der Waals surface area contributed by atoms with Crippen molar-refractivity contribution >= 4 is 38.9 Å². The maximum Gasteiger partial charge on any atom is 0.248 e. The van der Waals surface area contributed by atoms with Gasteiger partial charge in [0.15, 0.2) is 0 Å². The fraction of sp³-hybridized carbons (Fsp3) is 0.171. The molecule has 2 aromatic heterocycles. The molecule has 13 aromatic rings. The Morgan fingerprint density at radius 3 is 1.32 bits per heavy atom. The van der Waals surface area contributed by atoms with E-state index in [4.69, 9.17) is 4.42 Å². The Kier molecular flexibility index (Phi) is 15.7. The van der Waals surface area contributed by atoms with E-state index >= 15 is 0 Å². The van der Waals surface area contributed by atoms with E-state index in [1.165, 1.54) is 77.4 Å². The second-order valence-corrected chi connectivity index (χ2v) is 24.8. The second kappa shape index (κ2) is 24.3. The Bertz CT molecular complexity index is 4350. The number of fused-ring (bicyclic) bond motifs is 3. The minimum atomic E-state index is 0.0672. The van der Waals surface area contributed by atoms with Crippen LogP contribution in [0.1, 0.15) is 105 Å². The highest BCUT2D eigenvalue weighted by Gasteiger charge is 2.24. The number of rotatable bonds is 17. The van der Waals surface area contributed by atoms with E-state index in [9.17, 15) is 0 Å². The summed E-state index contributed by atoms with van der Waals surface area (Å²) >= 11 is 0. The third-order valence-corrected chi connectivity index (χ3v) is 17.9. The third kappa shape index (κ3) is 12.0. The molecule has 0 bridgehead atoms. The first-order chi connectivity index (χ1) is 42.4. The molecule has 0 fully saturated rings. The van der Waals surface area contributed by atoms with Gasteiger partial charge in [-0.3, -0.25) is 0 Å². The molecule has 0 spiro atoms. The molecule has 0 N–H and O–H groups in total. The van der Waals surface area contributed by atoms with E-state index in [0.29, 0.717) is 29.5 Å². The number of aromatic nitrogens is 3. The Morgan fingerprint density at radius 2 is 0.816 bits per heavy atom. The Hall–Kier alpha value is -9.84. The molecule has 3 atom stereocenters. The van der Waals surface area contributed by atoms with Crippen LogP contribution >= 0.6 is 0 Å². The summed E-state index contributed by atoms with van der Waals surface area (Å²) in [6.45, 7) is 15.7. The summed E-state index contributed by atoms with van der Waals surface area (Å²) in [5, 5.41) is 11.5. The van der Waals surface area contributed by atoms with Crippen LogP contribution in [0.5, 0.6) is 0 Å². The van der Waals surface area contributed by atoms with Crippen molar-refractivity contribution in [2.24, 2.45) is 0 Å². The molecule has 0 aliphatic carbocycles. The predicted octanol–water partition coefficient (Wildman–Crippen LogP) is 22.7. The summed E-state index contributed by atoms with van der Waals surface area (Å²) in [7, 11) is 0. The van der Waals surface area contributed by atoms with Crippen molar-refractivity contribution in [3.63, 3.8) is 0 Å². The van der Waals surface area contributed by atoms with Crippen LogP contribution < -0.4 is 4.90 Å². The van der Waals surface area contributed by atoms with Crippen LogP contribution in [0.4, 0.5) is 17.1 Å². The van der Waals surface area contributed by atoms with E-state index in [1.54, 1.807) is 0 Å². The molecule has 5 nitrogen and oxygen atoms in total. The van der Waals surface area contributed by atoms with Crippen molar-refractivity contribution < 1.29 is 4.42 Å². The van der Waals surface area contributed by atoms with Crippen molar-refractivity contribution in [3.05, 3.63) is 300 Å². The zero-order valence-electron chi connectivity index (χ0n) is 51.0. The van der Waals surface area contributed by atoms with Gasteiger partial charge in [0, 0.05) is 44.6 Å². The maximum atomic E-state index is 6.27. The highest BCUT2D eigenvalue weighted by Crippen LogP contribution is 2.42. The quantitative estimate of drug-likeness (QED) is 0.0912. The SMILES string of the molecule is CCC(CC(CC(C)c1ccc(-c2ccc(-n3c4ccccc4c4ccccc43)cc2)cc1)c1ccc(-c2ccc(N(c3ccc(C)cc3)c3ccc(C)cc3)cc2)cc1)c1ccc(-c2cccc(-c3nnc(-c4ccc(C(C)(C)C)cc4)o3)c2)cc1. The van der Waals surface area contributed by atoms with Gasteiger partial charge in [0.2, 0.25) is 11.8 Å². The molecular weight excluding hydrogens is 1060 g/mol. The van der Waals surface area contributed by atoms with E-state index in [0.717, 1.165) is 64.3 Å². The molecule has 2 heterocycles. The summed E-state index contributed by atoms with van der Waals surface area (Å²) < 4.78 is 8.66. The minimum Gasteiger partial charge on any atom is -0.416 e. The predicted molar refractivity (Wildman–Crippen MR) is 365 cm³/mol. The van der Waals surface area contributed by atoms with Crippen molar-refractivity contribution in [3.8, 4) is 62.0 Å². The first kappa shape index (κ1) is 56.3. The van der Waals surface area contributed by atoms with E-state index in [2.05, 4.69) is 329 Å². The summed E-state index contributed by atoms with van der Waals surface area (Å²) in [6.07, 6.45) is 3.09. The van der Waals surface area contributed by atoms with Gasteiger partial charge >= 0.3 is 0 Å². The number of benzene rings is 11. The summed E-state index contributed by atoms with van der Waals surface area (Å²) in [5.41, 5.74) is 23.9. The highest BCUT2D eigenvalue weighted by atomic mass is 16.4. The lowest BCUT2D eigenvalue weighted by Crippen LogP contribution is -2.10. The lowest BCUT2D eigenvalue weighted by molar-refractivity contribution is 0.467. The number of anilines is 3. The Morgan fingerprint density at radius 1 is 0.402 bits per heavy atom. The van der Waals surface area contributed by atoms with Crippen molar-refractivity contribution in [1.82, 2.24) is 14.8 Å². The van der Waals surface area contributed by atoms with Gasteiger partial charge < -0.3 is 13.9 Å². The maximum absolute atomic E-state index is 6.27. The summed E-state index contributed by atoms with van der Waals surface area (Å²) in [6, 6.07) is 98.1. The number of hydrogen-bond donors (Lipinski definition) is 0. The number of nitrogens with zero attached hydrogens (tertiary/aromatic N) is 4. The third-order valence-electron chi connectivity index (χ3n) is 17.9. The molecule has 87 heavy (non-hydrogen) atoms. The van der Waals surface area contributed by atoms with Crippen LogP contribution in [0.25, 0.3) is 83.8 Å². The van der Waals surface area contributed by atoms with E-state index < -0.39 is 0 Å². The van der Waals surface area contributed by atoms with Gasteiger partial charge in [0.25, 0.3) is 0 Å². The lowest BCUT2D eigenvalue weighted by atomic mass is 9.78. The van der Waals surface area contributed by atoms with Crippen LogP contribution in [0.3, 0.4) is 0 Å². The van der Waals surface area contributed by atoms with Crippen molar-refractivity contribution in [2.45, 2.75) is 90.9 Å². The van der Waals surface area contributed by atoms with Gasteiger partial charge in [-0.15, -0.1) is 10.2 Å². The van der Waals surface area contributed by atoms with Gasteiger partial charge in [0.1, 0.15) is 0 Å². The monoisotopic (exact) mass is 1130 g/mol. The zero-order valence-corrected chi connectivity index (χ0v) is 51.0. The molecule has 0 radical (unpaired) electrons. The van der Waals surface area contributed by atoms with Crippen molar-refractivity contribution in [1.29, 1.82) is 0 Å². The van der Waals surface area contributed by atoms with Crippen LogP contribution in [0.2, 0.25) is 0 Å². The van der Waals surface area contributed by atoms with E-state index in [1.807, 2.05) is 6.07 Å². The first-order valence-corrected chi connectivity index (χ1v) is 30.9. The number of para-hydroxylation sites is 2. The van der Waals surface area contributed by atoms with Crippen LogP contribution in [0, 0.1) is 13.8 Å². The fourth-order valence-corrected chi connectivity index (χ4v) is 12.8.